The van der Waals surface area contributed by atoms with Crippen LogP contribution in [0.5, 0.6) is 5.75 Å². The Morgan fingerprint density at radius 1 is 0.786 bits per heavy atom. The molecule has 3 atom stereocenters. The predicted octanol–water partition coefficient (Wildman–Crippen LogP) is 9.75. The normalized spacial score (nSPS) is 18.9. The summed E-state index contributed by atoms with van der Waals surface area (Å²) < 4.78 is 6.46. The van der Waals surface area contributed by atoms with E-state index in [9.17, 15) is 0 Å². The van der Waals surface area contributed by atoms with Crippen molar-refractivity contribution in [1.29, 1.82) is 0 Å². The molecule has 0 saturated carbocycles. The highest BCUT2D eigenvalue weighted by molar-refractivity contribution is 5.95. The summed E-state index contributed by atoms with van der Waals surface area (Å²) in [6, 6.07) is 37.0. The van der Waals surface area contributed by atoms with Gasteiger partial charge in [0.05, 0.1) is 6.04 Å². The van der Waals surface area contributed by atoms with Gasteiger partial charge in [0.2, 0.25) is 0 Å². The van der Waals surface area contributed by atoms with Crippen molar-refractivity contribution in [2.45, 2.75) is 30.9 Å². The third kappa shape index (κ3) is 4.14. The lowest BCUT2D eigenvalue weighted by Gasteiger charge is -2.21. The van der Waals surface area contributed by atoms with Crippen molar-refractivity contribution in [3.05, 3.63) is 161 Å². The molecule has 0 saturated heterocycles. The molecule has 3 aliphatic rings. The Labute approximate surface area is 247 Å². The summed E-state index contributed by atoms with van der Waals surface area (Å²) in [4.78, 5) is 4.43. The van der Waals surface area contributed by atoms with Crippen molar-refractivity contribution >= 4 is 29.1 Å². The van der Waals surface area contributed by atoms with Gasteiger partial charge in [0, 0.05) is 11.5 Å². The number of benzene rings is 5. The molecule has 0 amide bonds. The maximum absolute atomic E-state index is 6.46. The molecule has 2 aliphatic carbocycles. The molecule has 0 aromatic heterocycles. The summed E-state index contributed by atoms with van der Waals surface area (Å²) in [6.07, 6.45) is 13.7. The number of fused-ring (bicyclic) bond motifs is 6. The van der Waals surface area contributed by atoms with E-state index in [0.29, 0.717) is 0 Å². The van der Waals surface area contributed by atoms with Gasteiger partial charge in [-0.1, -0.05) is 115 Å². The van der Waals surface area contributed by atoms with Crippen LogP contribution in [0, 0.1) is 0 Å². The Morgan fingerprint density at radius 2 is 1.62 bits per heavy atom. The summed E-state index contributed by atoms with van der Waals surface area (Å²) >= 11 is 0. The first-order valence-corrected chi connectivity index (χ1v) is 14.8. The molecular weight excluding hydrogens is 510 g/mol. The van der Waals surface area contributed by atoms with Gasteiger partial charge in [0.25, 0.3) is 0 Å². The van der Waals surface area contributed by atoms with Gasteiger partial charge in [0.15, 0.2) is 0 Å². The van der Waals surface area contributed by atoms with Crippen LogP contribution in [0.1, 0.15) is 51.8 Å². The summed E-state index contributed by atoms with van der Waals surface area (Å²) in [5.41, 5.74) is 11.3. The van der Waals surface area contributed by atoms with Crippen molar-refractivity contribution in [2.24, 2.45) is 4.99 Å². The fourth-order valence-corrected chi connectivity index (χ4v) is 6.92. The first-order valence-electron chi connectivity index (χ1n) is 14.8. The molecule has 8 rings (SSSR count). The summed E-state index contributed by atoms with van der Waals surface area (Å²) in [7, 11) is 0. The molecule has 0 radical (unpaired) electrons. The van der Waals surface area contributed by atoms with Crippen molar-refractivity contribution in [3.63, 3.8) is 0 Å². The number of aryl methyl sites for hydroxylation is 1. The molecule has 42 heavy (non-hydrogen) atoms. The smallest absolute Gasteiger partial charge is 0.128 e. The van der Waals surface area contributed by atoms with E-state index in [2.05, 4.69) is 127 Å². The molecule has 0 spiro atoms. The van der Waals surface area contributed by atoms with Crippen LogP contribution in [0.15, 0.2) is 132 Å². The highest BCUT2D eigenvalue weighted by Crippen LogP contribution is 2.48. The Hall–Kier alpha value is -4.95. The molecule has 2 nitrogen and oxygen atoms in total. The van der Waals surface area contributed by atoms with Crippen LogP contribution in [0.3, 0.4) is 0 Å². The van der Waals surface area contributed by atoms with Gasteiger partial charge < -0.3 is 4.74 Å². The highest BCUT2D eigenvalue weighted by Gasteiger charge is 2.35. The minimum absolute atomic E-state index is 0.00853. The van der Waals surface area contributed by atoms with Crippen molar-refractivity contribution < 1.29 is 4.74 Å². The van der Waals surface area contributed by atoms with Crippen LogP contribution in [0.4, 0.5) is 0 Å². The van der Waals surface area contributed by atoms with Crippen LogP contribution in [0.2, 0.25) is 0 Å². The van der Waals surface area contributed by atoms with E-state index in [1.165, 1.54) is 49.7 Å². The van der Waals surface area contributed by atoms with Gasteiger partial charge in [0.1, 0.15) is 11.9 Å². The van der Waals surface area contributed by atoms with E-state index in [0.717, 1.165) is 29.7 Å². The predicted molar refractivity (Wildman–Crippen MR) is 175 cm³/mol. The van der Waals surface area contributed by atoms with Crippen LogP contribution in [-0.2, 0) is 6.42 Å². The number of allylic oxidation sites excluding steroid dienone is 3. The van der Waals surface area contributed by atoms with Crippen molar-refractivity contribution in [3.8, 4) is 16.9 Å². The van der Waals surface area contributed by atoms with E-state index >= 15 is 0 Å². The first kappa shape index (κ1) is 24.8. The van der Waals surface area contributed by atoms with E-state index in [1.807, 2.05) is 18.2 Å². The standard InChI is InChI=1S/C40H31NO/c1-41-40(28-9-3-2-4-10-28)29-17-14-27(15-18-29)35-12-7-13-38-39(35)36-25-31(21-23-37(36)42-38)30-20-22-34-32(24-30)19-16-26-8-5-6-11-33(26)34/h2-4,6-7,9-25,36-37,40H,1,5,8H2. The molecule has 0 fully saturated rings. The topological polar surface area (TPSA) is 21.6 Å². The summed E-state index contributed by atoms with van der Waals surface area (Å²) in [6.45, 7) is 3.87. The molecule has 1 heterocycles. The largest absolute Gasteiger partial charge is 0.485 e. The third-order valence-electron chi connectivity index (χ3n) is 9.03. The Bertz CT molecular complexity index is 1930. The van der Waals surface area contributed by atoms with Gasteiger partial charge in [-0.05, 0) is 93.1 Å². The van der Waals surface area contributed by atoms with Crippen molar-refractivity contribution in [2.75, 3.05) is 0 Å². The van der Waals surface area contributed by atoms with Gasteiger partial charge in [-0.3, -0.25) is 4.99 Å². The minimum atomic E-state index is -0.0769. The van der Waals surface area contributed by atoms with Gasteiger partial charge in [-0.2, -0.15) is 0 Å². The number of aliphatic imine (C=N–C) groups is 1. The second-order valence-electron chi connectivity index (χ2n) is 11.4. The van der Waals surface area contributed by atoms with Gasteiger partial charge >= 0.3 is 0 Å². The molecular formula is C40H31NO. The monoisotopic (exact) mass is 541 g/mol. The second-order valence-corrected chi connectivity index (χ2v) is 11.4. The minimum Gasteiger partial charge on any atom is -0.485 e. The SMILES string of the molecule is C=NC(c1ccccc1)c1ccc(-c2cccc3c2C2C=C(c4ccc5c6c(ccc5c4)CCC=C6)C=CC2O3)cc1. The van der Waals surface area contributed by atoms with Crippen molar-refractivity contribution in [1.82, 2.24) is 0 Å². The zero-order valence-corrected chi connectivity index (χ0v) is 23.4. The number of hydrogen-bond acceptors (Lipinski definition) is 2. The Kier molecular flexibility index (Phi) is 6.00. The molecule has 5 aromatic carbocycles. The highest BCUT2D eigenvalue weighted by atomic mass is 16.5. The zero-order valence-electron chi connectivity index (χ0n) is 23.4. The van der Waals surface area contributed by atoms with E-state index < -0.39 is 0 Å². The fourth-order valence-electron chi connectivity index (χ4n) is 6.92. The number of nitrogens with zero attached hydrogens (tertiary/aromatic N) is 1. The first-order chi connectivity index (χ1) is 20.8. The molecule has 0 N–H and O–H groups in total. The number of ether oxygens (including phenoxy) is 1. The fraction of sp³-hybridized carbons (Fsp3) is 0.125. The quantitative estimate of drug-likeness (QED) is 0.203. The number of hydrogen-bond donors (Lipinski definition) is 0. The maximum Gasteiger partial charge on any atom is 0.128 e. The maximum atomic E-state index is 6.46. The second kappa shape index (κ2) is 10.2. The summed E-state index contributed by atoms with van der Waals surface area (Å²) in [5, 5.41) is 2.63. The Balaban J connectivity index is 1.14. The van der Waals surface area contributed by atoms with Crippen LogP contribution in [-0.4, -0.2) is 12.8 Å². The average Bonchev–Trinajstić information content (AvgIpc) is 3.44. The molecule has 0 bridgehead atoms. The van der Waals surface area contributed by atoms with Gasteiger partial charge in [-0.15, -0.1) is 0 Å². The van der Waals surface area contributed by atoms with Gasteiger partial charge in [-0.25, -0.2) is 0 Å². The molecule has 3 unspecified atom stereocenters. The average molecular weight is 542 g/mol. The van der Waals surface area contributed by atoms with E-state index in [1.54, 1.807) is 0 Å². The zero-order chi connectivity index (χ0) is 28.0. The molecule has 1 aliphatic heterocycles. The molecule has 5 aromatic rings. The van der Waals surface area contributed by atoms with E-state index in [-0.39, 0.29) is 18.1 Å². The molecule has 2 heteroatoms. The lowest BCUT2D eigenvalue weighted by molar-refractivity contribution is 0.269. The lowest BCUT2D eigenvalue weighted by atomic mass is 9.83. The Morgan fingerprint density at radius 3 is 2.48 bits per heavy atom. The number of rotatable bonds is 5. The van der Waals surface area contributed by atoms with E-state index in [4.69, 9.17) is 4.74 Å². The van der Waals surface area contributed by atoms with Crippen LogP contribution in [0.25, 0.3) is 33.5 Å². The third-order valence-corrected chi connectivity index (χ3v) is 9.03. The molecule has 202 valence electrons. The van der Waals surface area contributed by atoms with Crippen LogP contribution >= 0.6 is 0 Å². The summed E-state index contributed by atoms with van der Waals surface area (Å²) in [5.74, 6) is 1.13. The van der Waals surface area contributed by atoms with Crippen LogP contribution < -0.4 is 4.74 Å². The lowest BCUT2D eigenvalue weighted by Crippen LogP contribution is -2.17.